The number of nitrogens with zero attached hydrogens (tertiary/aromatic N) is 1. The molecule has 0 spiro atoms. The van der Waals surface area contributed by atoms with Crippen molar-refractivity contribution in [3.05, 3.63) is 30.3 Å². The molecule has 1 aromatic heterocycles. The summed E-state index contributed by atoms with van der Waals surface area (Å²) in [5.41, 5.74) is 0. The third kappa shape index (κ3) is 1.95. The first-order valence-electron chi connectivity index (χ1n) is 2.65. The fourth-order valence-corrected chi connectivity index (χ4v) is 0.978. The van der Waals surface area contributed by atoms with Gasteiger partial charge in [-0.1, -0.05) is 3.97 Å². The maximum Gasteiger partial charge on any atom is 0.511 e. The predicted octanol–water partition coefficient (Wildman–Crippen LogP) is -0.236. The van der Waals surface area contributed by atoms with Gasteiger partial charge in [0.2, 0.25) is 0 Å². The van der Waals surface area contributed by atoms with Gasteiger partial charge >= 0.3 is 10.3 Å². The van der Waals surface area contributed by atoms with Gasteiger partial charge < -0.3 is 0 Å². The van der Waals surface area contributed by atoms with E-state index in [4.69, 9.17) is 4.55 Å². The van der Waals surface area contributed by atoms with Crippen LogP contribution >= 0.6 is 0 Å². The Hall–Kier alpha value is -1.01. The van der Waals surface area contributed by atoms with E-state index in [1.54, 1.807) is 0 Å². The van der Waals surface area contributed by atoms with Crippen molar-refractivity contribution >= 4 is 10.3 Å². The van der Waals surface area contributed by atoms with Crippen molar-refractivity contribution in [1.29, 1.82) is 0 Å². The molecule has 1 rings (SSSR count). The smallest absolute Gasteiger partial charge is 0.233 e. The second kappa shape index (κ2) is 2.55. The molecule has 0 saturated carbocycles. The van der Waals surface area contributed by atoms with E-state index in [2.05, 4.69) is 0 Å². The highest BCUT2D eigenvalue weighted by molar-refractivity contribution is 7.79. The summed E-state index contributed by atoms with van der Waals surface area (Å²) in [5, 5.41) is 0. The molecule has 0 unspecified atom stereocenters. The summed E-state index contributed by atoms with van der Waals surface area (Å²) in [5.74, 6) is -0.565. The highest BCUT2D eigenvalue weighted by Crippen LogP contribution is 1.90. The van der Waals surface area contributed by atoms with Gasteiger partial charge in [-0.25, -0.2) is 8.94 Å². The molecular formula is C5H5FNO3S+. The first-order chi connectivity index (χ1) is 5.00. The van der Waals surface area contributed by atoms with Gasteiger partial charge in [0.1, 0.15) is 5.82 Å². The van der Waals surface area contributed by atoms with Crippen LogP contribution in [-0.4, -0.2) is 13.0 Å². The number of rotatable bonds is 1. The maximum atomic E-state index is 12.2. The molecule has 0 amide bonds. The number of pyridine rings is 1. The summed E-state index contributed by atoms with van der Waals surface area (Å²) in [7, 11) is -4.27. The van der Waals surface area contributed by atoms with Crippen molar-refractivity contribution < 1.29 is 21.3 Å². The summed E-state index contributed by atoms with van der Waals surface area (Å²) in [6, 6.07) is 1.85. The van der Waals surface area contributed by atoms with E-state index in [-0.39, 0.29) is 0 Å². The number of hydrogen-bond acceptors (Lipinski definition) is 2. The lowest BCUT2D eigenvalue weighted by Crippen LogP contribution is -2.41. The molecule has 0 aromatic carbocycles. The first kappa shape index (κ1) is 8.09. The Kier molecular flexibility index (Phi) is 1.88. The molecule has 4 nitrogen and oxygen atoms in total. The monoisotopic (exact) mass is 178 g/mol. The van der Waals surface area contributed by atoms with Crippen LogP contribution in [0.2, 0.25) is 0 Å². The lowest BCUT2D eigenvalue weighted by Gasteiger charge is -1.87. The molecule has 0 bridgehead atoms. The Morgan fingerprint density at radius 2 is 1.82 bits per heavy atom. The van der Waals surface area contributed by atoms with Gasteiger partial charge in [0.15, 0.2) is 12.4 Å². The lowest BCUT2D eigenvalue weighted by molar-refractivity contribution is -0.519. The Morgan fingerprint density at radius 3 is 2.18 bits per heavy atom. The van der Waals surface area contributed by atoms with Gasteiger partial charge in [-0.2, -0.15) is 0 Å². The second-order valence-corrected chi connectivity index (χ2v) is 3.14. The largest absolute Gasteiger partial charge is 0.511 e. The van der Waals surface area contributed by atoms with Crippen molar-refractivity contribution in [2.75, 3.05) is 0 Å². The molecule has 0 fully saturated rings. The Morgan fingerprint density at radius 1 is 1.36 bits per heavy atom. The van der Waals surface area contributed by atoms with Gasteiger partial charge in [0.25, 0.3) is 0 Å². The molecule has 0 aliphatic carbocycles. The van der Waals surface area contributed by atoms with E-state index < -0.39 is 16.1 Å². The Bertz CT molecular complexity index is 344. The van der Waals surface area contributed by atoms with Crippen LogP contribution in [0.4, 0.5) is 4.39 Å². The van der Waals surface area contributed by atoms with Crippen molar-refractivity contribution in [3.63, 3.8) is 0 Å². The third-order valence-corrected chi connectivity index (χ3v) is 1.80. The van der Waals surface area contributed by atoms with Gasteiger partial charge in [0.05, 0.1) is 0 Å². The minimum Gasteiger partial charge on any atom is -0.233 e. The van der Waals surface area contributed by atoms with E-state index in [1.165, 1.54) is 0 Å². The zero-order valence-electron chi connectivity index (χ0n) is 5.31. The Labute approximate surface area is 62.8 Å². The topological polar surface area (TPSA) is 58.3 Å². The average molecular weight is 178 g/mol. The molecule has 0 aliphatic heterocycles. The maximum absolute atomic E-state index is 12.2. The summed E-state index contributed by atoms with van der Waals surface area (Å²) >= 11 is 0. The normalized spacial score (nSPS) is 11.5. The molecule has 0 atom stereocenters. The van der Waals surface area contributed by atoms with Crippen molar-refractivity contribution in [1.82, 2.24) is 0 Å². The average Bonchev–Trinajstić information content (AvgIpc) is 1.86. The number of hydrogen-bond donors (Lipinski definition) is 1. The van der Waals surface area contributed by atoms with E-state index in [0.717, 1.165) is 24.5 Å². The SMILES string of the molecule is O=S(=O)(O)[n+]1ccc(F)cc1. The zero-order valence-corrected chi connectivity index (χ0v) is 6.12. The summed E-state index contributed by atoms with van der Waals surface area (Å²) in [6.07, 6.45) is 1.81. The molecule has 6 heteroatoms. The fraction of sp³-hybridized carbons (Fsp3) is 0. The molecule has 60 valence electrons. The molecule has 1 heterocycles. The van der Waals surface area contributed by atoms with Crippen LogP contribution in [0.1, 0.15) is 0 Å². The summed E-state index contributed by atoms with van der Waals surface area (Å²) in [6.45, 7) is 0. The number of halogens is 1. The van der Waals surface area contributed by atoms with Gasteiger partial charge in [-0.05, 0) is 0 Å². The second-order valence-electron chi connectivity index (χ2n) is 1.82. The molecule has 0 saturated heterocycles. The van der Waals surface area contributed by atoms with Crippen molar-refractivity contribution in [2.24, 2.45) is 0 Å². The third-order valence-electron chi connectivity index (χ3n) is 1.03. The summed E-state index contributed by atoms with van der Waals surface area (Å²) in [4.78, 5) is 0. The lowest BCUT2D eigenvalue weighted by atomic mass is 10.5. The van der Waals surface area contributed by atoms with Crippen LogP contribution in [0.15, 0.2) is 24.5 Å². The minimum absolute atomic E-state index is 0.496. The molecule has 1 aromatic rings. The fourth-order valence-electron chi connectivity index (χ4n) is 0.548. The van der Waals surface area contributed by atoms with E-state index in [9.17, 15) is 12.8 Å². The number of aromatic nitrogens is 1. The van der Waals surface area contributed by atoms with Crippen LogP contribution in [0, 0.1) is 5.82 Å². The molecular weight excluding hydrogens is 173 g/mol. The molecule has 0 aliphatic rings. The van der Waals surface area contributed by atoms with Crippen LogP contribution in [0.25, 0.3) is 0 Å². The standard InChI is InChI=1S/C5H4FNO3S/c6-5-1-3-7(4-2-5)11(8,9)10/h1-4H/p+1. The molecule has 11 heavy (non-hydrogen) atoms. The highest BCUT2D eigenvalue weighted by Gasteiger charge is 2.15. The van der Waals surface area contributed by atoms with Crippen LogP contribution in [0.5, 0.6) is 0 Å². The van der Waals surface area contributed by atoms with E-state index >= 15 is 0 Å². The first-order valence-corrected chi connectivity index (χ1v) is 4.04. The Balaban J connectivity index is 3.20. The van der Waals surface area contributed by atoms with Crippen LogP contribution in [0.3, 0.4) is 0 Å². The van der Waals surface area contributed by atoms with Gasteiger partial charge in [-0.3, -0.25) is 0 Å². The van der Waals surface area contributed by atoms with Gasteiger partial charge in [-0.15, -0.1) is 8.42 Å². The van der Waals surface area contributed by atoms with Crippen LogP contribution < -0.4 is 3.97 Å². The van der Waals surface area contributed by atoms with Crippen molar-refractivity contribution in [3.8, 4) is 0 Å². The molecule has 0 radical (unpaired) electrons. The minimum atomic E-state index is -4.27. The summed E-state index contributed by atoms with van der Waals surface area (Å²) < 4.78 is 41.8. The highest BCUT2D eigenvalue weighted by atomic mass is 32.2. The van der Waals surface area contributed by atoms with Gasteiger partial charge in [0, 0.05) is 12.1 Å². The quantitative estimate of drug-likeness (QED) is 0.477. The van der Waals surface area contributed by atoms with E-state index in [1.807, 2.05) is 0 Å². The van der Waals surface area contributed by atoms with Crippen LogP contribution in [-0.2, 0) is 10.3 Å². The van der Waals surface area contributed by atoms with E-state index in [0.29, 0.717) is 3.97 Å². The molecule has 1 N–H and O–H groups in total. The zero-order chi connectivity index (χ0) is 8.48. The van der Waals surface area contributed by atoms with Crippen molar-refractivity contribution in [2.45, 2.75) is 0 Å². The predicted molar refractivity (Wildman–Crippen MR) is 33.5 cm³/mol.